The van der Waals surface area contributed by atoms with E-state index in [0.717, 1.165) is 50.7 Å². The Labute approximate surface area is 195 Å². The van der Waals surface area contributed by atoms with Crippen LogP contribution in [-0.4, -0.2) is 64.9 Å². The number of aryl methyl sites for hydroxylation is 1. The molecule has 0 aliphatic carbocycles. The van der Waals surface area contributed by atoms with E-state index in [9.17, 15) is 4.39 Å². The van der Waals surface area contributed by atoms with Crippen LogP contribution in [0.3, 0.4) is 0 Å². The molecule has 8 nitrogen and oxygen atoms in total. The highest BCUT2D eigenvalue weighted by atomic mass is 127. The zero-order valence-corrected chi connectivity index (χ0v) is 20.3. The van der Waals surface area contributed by atoms with Crippen LogP contribution in [-0.2, 0) is 20.1 Å². The van der Waals surface area contributed by atoms with Crippen molar-refractivity contribution in [1.82, 2.24) is 30.3 Å². The smallest absolute Gasteiger partial charge is 0.191 e. The number of aliphatic imine (C=N–C) groups is 1. The zero-order valence-electron chi connectivity index (χ0n) is 17.9. The summed E-state index contributed by atoms with van der Waals surface area (Å²) in [5.74, 6) is 1.30. The molecule has 2 aromatic rings. The number of rotatable bonds is 7. The molecule has 3 rings (SSSR count). The molecule has 1 aliphatic heterocycles. The maximum atomic E-state index is 14.7. The maximum Gasteiger partial charge on any atom is 0.191 e. The normalized spacial score (nSPS) is 15.1. The lowest BCUT2D eigenvalue weighted by Crippen LogP contribution is -2.46. The van der Waals surface area contributed by atoms with Crippen molar-refractivity contribution in [3.8, 4) is 0 Å². The standard InChI is InChI=1S/C20H31FN8.HI/c1-4-22-20(24-14-19-25-15-26-27(19)3)23-13-16-6-7-18(17(21)12-16)29-10-8-28(5-2)9-11-29;/h6-7,12,15H,4-5,8-11,13-14H2,1-3H3,(H2,22,23,24);1H. The largest absolute Gasteiger partial charge is 0.367 e. The molecule has 2 heterocycles. The topological polar surface area (TPSA) is 73.6 Å². The molecule has 2 N–H and O–H groups in total. The molecular weight excluding hydrogens is 498 g/mol. The molecule has 0 bridgehead atoms. The van der Waals surface area contributed by atoms with Gasteiger partial charge < -0.3 is 20.4 Å². The van der Waals surface area contributed by atoms with Crippen LogP contribution in [0.15, 0.2) is 29.5 Å². The van der Waals surface area contributed by atoms with E-state index in [1.165, 1.54) is 6.33 Å². The van der Waals surface area contributed by atoms with Gasteiger partial charge in [0, 0.05) is 39.8 Å². The number of anilines is 1. The fourth-order valence-electron chi connectivity index (χ4n) is 3.37. The van der Waals surface area contributed by atoms with E-state index in [2.05, 4.69) is 42.4 Å². The molecule has 0 amide bonds. The Morgan fingerprint density at radius 1 is 1.17 bits per heavy atom. The van der Waals surface area contributed by atoms with Crippen molar-refractivity contribution in [2.24, 2.45) is 12.0 Å². The second-order valence-corrected chi connectivity index (χ2v) is 7.06. The van der Waals surface area contributed by atoms with Crippen LogP contribution >= 0.6 is 24.0 Å². The highest BCUT2D eigenvalue weighted by molar-refractivity contribution is 14.0. The van der Waals surface area contributed by atoms with Crippen LogP contribution in [0, 0.1) is 5.82 Å². The number of likely N-dealkylation sites (N-methyl/N-ethyl adjacent to an activating group) is 1. The first-order valence-corrected chi connectivity index (χ1v) is 10.2. The molecule has 1 aromatic heterocycles. The van der Waals surface area contributed by atoms with Crippen molar-refractivity contribution >= 4 is 35.6 Å². The number of hydrogen-bond donors (Lipinski definition) is 2. The van der Waals surface area contributed by atoms with E-state index in [-0.39, 0.29) is 29.8 Å². The molecule has 0 saturated carbocycles. The minimum absolute atomic E-state index is 0. The van der Waals surface area contributed by atoms with Crippen molar-refractivity contribution in [2.45, 2.75) is 26.9 Å². The molecule has 30 heavy (non-hydrogen) atoms. The summed E-state index contributed by atoms with van der Waals surface area (Å²) in [5, 5.41) is 10.5. The summed E-state index contributed by atoms with van der Waals surface area (Å²) in [4.78, 5) is 13.3. The van der Waals surface area contributed by atoms with E-state index in [1.807, 2.05) is 26.1 Å². The van der Waals surface area contributed by atoms with Gasteiger partial charge in [-0.1, -0.05) is 13.0 Å². The van der Waals surface area contributed by atoms with Gasteiger partial charge >= 0.3 is 0 Å². The molecule has 1 saturated heterocycles. The predicted octanol–water partition coefficient (Wildman–Crippen LogP) is 1.97. The predicted molar refractivity (Wildman–Crippen MR) is 129 cm³/mol. The number of benzene rings is 1. The highest BCUT2D eigenvalue weighted by Gasteiger charge is 2.18. The third-order valence-electron chi connectivity index (χ3n) is 5.16. The quantitative estimate of drug-likeness (QED) is 0.324. The fourth-order valence-corrected chi connectivity index (χ4v) is 3.37. The van der Waals surface area contributed by atoms with E-state index in [4.69, 9.17) is 0 Å². The van der Waals surface area contributed by atoms with Crippen molar-refractivity contribution in [3.05, 3.63) is 41.7 Å². The van der Waals surface area contributed by atoms with Crippen LogP contribution in [0.2, 0.25) is 0 Å². The first kappa shape index (κ1) is 24.3. The minimum atomic E-state index is -0.181. The van der Waals surface area contributed by atoms with Crippen LogP contribution in [0.4, 0.5) is 10.1 Å². The molecule has 1 aromatic carbocycles. The SMILES string of the molecule is CCNC(=NCc1ccc(N2CCN(CC)CC2)c(F)c1)NCc1ncnn1C.I. The van der Waals surface area contributed by atoms with Gasteiger partial charge in [0.2, 0.25) is 0 Å². The first-order chi connectivity index (χ1) is 14.1. The van der Waals surface area contributed by atoms with E-state index in [1.54, 1.807) is 10.7 Å². The summed E-state index contributed by atoms with van der Waals surface area (Å²) in [6.07, 6.45) is 1.52. The van der Waals surface area contributed by atoms with Gasteiger partial charge in [0.1, 0.15) is 18.0 Å². The van der Waals surface area contributed by atoms with E-state index >= 15 is 0 Å². The summed E-state index contributed by atoms with van der Waals surface area (Å²) in [6, 6.07) is 5.43. The van der Waals surface area contributed by atoms with Crippen LogP contribution < -0.4 is 15.5 Å². The van der Waals surface area contributed by atoms with Gasteiger partial charge in [-0.15, -0.1) is 24.0 Å². The fraction of sp³-hybridized carbons (Fsp3) is 0.550. The molecule has 0 atom stereocenters. The van der Waals surface area contributed by atoms with Gasteiger partial charge in [-0.05, 0) is 31.2 Å². The minimum Gasteiger partial charge on any atom is -0.367 e. The number of piperazine rings is 1. The number of nitrogens with one attached hydrogen (secondary N) is 2. The Morgan fingerprint density at radius 3 is 2.53 bits per heavy atom. The van der Waals surface area contributed by atoms with Crippen molar-refractivity contribution in [3.63, 3.8) is 0 Å². The summed E-state index contributed by atoms with van der Waals surface area (Å²) in [7, 11) is 1.85. The number of halogens is 2. The van der Waals surface area contributed by atoms with E-state index < -0.39 is 0 Å². The average molecular weight is 530 g/mol. The van der Waals surface area contributed by atoms with Crippen LogP contribution in [0.25, 0.3) is 0 Å². The molecule has 0 spiro atoms. The van der Waals surface area contributed by atoms with Gasteiger partial charge in [0.15, 0.2) is 5.96 Å². The molecule has 10 heteroatoms. The van der Waals surface area contributed by atoms with Crippen LogP contribution in [0.5, 0.6) is 0 Å². The Hall–Kier alpha value is -1.95. The average Bonchev–Trinajstić information content (AvgIpc) is 3.15. The molecule has 0 unspecified atom stereocenters. The van der Waals surface area contributed by atoms with Gasteiger partial charge in [-0.2, -0.15) is 5.10 Å². The number of guanidine groups is 1. The summed E-state index contributed by atoms with van der Waals surface area (Å²) in [6.45, 7) is 10.5. The molecule has 166 valence electrons. The van der Waals surface area contributed by atoms with Crippen molar-refractivity contribution in [2.75, 3.05) is 44.2 Å². The highest BCUT2D eigenvalue weighted by Crippen LogP contribution is 2.22. The molecular formula is C20H32FIN8. The van der Waals surface area contributed by atoms with Gasteiger partial charge in [-0.25, -0.2) is 14.4 Å². The van der Waals surface area contributed by atoms with E-state index in [0.29, 0.717) is 24.7 Å². The number of nitrogens with zero attached hydrogens (tertiary/aromatic N) is 6. The maximum absolute atomic E-state index is 14.7. The van der Waals surface area contributed by atoms with Crippen molar-refractivity contribution < 1.29 is 4.39 Å². The third kappa shape index (κ3) is 6.53. The summed E-state index contributed by atoms with van der Waals surface area (Å²) in [5.41, 5.74) is 1.52. The molecule has 1 fully saturated rings. The second-order valence-electron chi connectivity index (χ2n) is 7.06. The molecule has 0 radical (unpaired) electrons. The lowest BCUT2D eigenvalue weighted by Gasteiger charge is -2.35. The van der Waals surface area contributed by atoms with Gasteiger partial charge in [0.25, 0.3) is 0 Å². The zero-order chi connectivity index (χ0) is 20.6. The Bertz CT molecular complexity index is 817. The van der Waals surface area contributed by atoms with Crippen LogP contribution in [0.1, 0.15) is 25.2 Å². The summed E-state index contributed by atoms with van der Waals surface area (Å²) < 4.78 is 16.4. The Morgan fingerprint density at radius 2 is 1.93 bits per heavy atom. The van der Waals surface area contributed by atoms with Gasteiger partial charge in [-0.3, -0.25) is 4.68 Å². The number of aromatic nitrogens is 3. The third-order valence-corrected chi connectivity index (χ3v) is 5.16. The Balaban J connectivity index is 0.00000320. The lowest BCUT2D eigenvalue weighted by molar-refractivity contribution is 0.270. The van der Waals surface area contributed by atoms with Gasteiger partial charge in [0.05, 0.1) is 18.8 Å². The lowest BCUT2D eigenvalue weighted by atomic mass is 10.1. The Kier molecular flexibility index (Phi) is 9.76. The van der Waals surface area contributed by atoms with Crippen molar-refractivity contribution in [1.29, 1.82) is 0 Å². The summed E-state index contributed by atoms with van der Waals surface area (Å²) >= 11 is 0. The second kappa shape index (κ2) is 12.0. The molecule has 1 aliphatic rings. The number of hydrogen-bond acceptors (Lipinski definition) is 5. The first-order valence-electron chi connectivity index (χ1n) is 10.2. The monoisotopic (exact) mass is 530 g/mol.